The molecule has 0 amide bonds. The minimum Gasteiger partial charge on any atom is -0.388 e. The van der Waals surface area contributed by atoms with Gasteiger partial charge in [-0.05, 0) is 45.8 Å². The molecule has 0 bridgehead atoms. The van der Waals surface area contributed by atoms with Gasteiger partial charge in [0.1, 0.15) is 5.82 Å². The third-order valence-electron chi connectivity index (χ3n) is 3.03. The van der Waals surface area contributed by atoms with Gasteiger partial charge in [-0.25, -0.2) is 9.37 Å². The molecule has 1 aromatic heterocycles. The van der Waals surface area contributed by atoms with Gasteiger partial charge in [0, 0.05) is 6.42 Å². The summed E-state index contributed by atoms with van der Waals surface area (Å²) in [6, 6.07) is 12.5. The third kappa shape index (κ3) is 2.75. The topological polar surface area (TPSA) is 33.1 Å². The highest BCUT2D eigenvalue weighted by molar-refractivity contribution is 9.10. The van der Waals surface area contributed by atoms with Gasteiger partial charge in [-0.2, -0.15) is 0 Å². The van der Waals surface area contributed by atoms with Gasteiger partial charge in [-0.15, -0.1) is 11.3 Å². The van der Waals surface area contributed by atoms with Crippen LogP contribution in [-0.2, 0) is 6.42 Å². The predicted molar refractivity (Wildman–Crippen MR) is 82.4 cm³/mol. The lowest BCUT2D eigenvalue weighted by molar-refractivity contribution is 0.178. The molecule has 2 aromatic carbocycles. The highest BCUT2D eigenvalue weighted by Crippen LogP contribution is 2.27. The van der Waals surface area contributed by atoms with Gasteiger partial charge in [0.25, 0.3) is 0 Å². The van der Waals surface area contributed by atoms with Crippen molar-refractivity contribution in [3.63, 3.8) is 0 Å². The van der Waals surface area contributed by atoms with Gasteiger partial charge < -0.3 is 5.11 Å². The van der Waals surface area contributed by atoms with Crippen molar-refractivity contribution in [2.24, 2.45) is 0 Å². The van der Waals surface area contributed by atoms with E-state index in [2.05, 4.69) is 20.9 Å². The summed E-state index contributed by atoms with van der Waals surface area (Å²) in [6.45, 7) is 0. The Balaban J connectivity index is 1.84. The molecular weight excluding hydrogens is 341 g/mol. The van der Waals surface area contributed by atoms with E-state index in [9.17, 15) is 9.50 Å². The van der Waals surface area contributed by atoms with Crippen LogP contribution in [-0.4, -0.2) is 10.1 Å². The number of fused-ring (bicyclic) bond motifs is 1. The average Bonchev–Trinajstić information content (AvgIpc) is 2.83. The summed E-state index contributed by atoms with van der Waals surface area (Å²) in [5, 5.41) is 11.0. The predicted octanol–water partition coefficient (Wildman–Crippen LogP) is 4.47. The van der Waals surface area contributed by atoms with E-state index in [4.69, 9.17) is 0 Å². The number of rotatable bonds is 3. The molecule has 0 fully saturated rings. The van der Waals surface area contributed by atoms with Crippen LogP contribution in [0.15, 0.2) is 46.9 Å². The van der Waals surface area contributed by atoms with Crippen LogP contribution in [0.2, 0.25) is 0 Å². The fraction of sp³-hybridized carbons (Fsp3) is 0.133. The van der Waals surface area contributed by atoms with Crippen LogP contribution in [0.25, 0.3) is 10.2 Å². The first-order chi connectivity index (χ1) is 9.63. The van der Waals surface area contributed by atoms with Crippen LogP contribution >= 0.6 is 27.3 Å². The second-order valence-electron chi connectivity index (χ2n) is 4.47. The summed E-state index contributed by atoms with van der Waals surface area (Å²) in [6.07, 6.45) is -0.362. The molecule has 1 atom stereocenters. The molecule has 0 radical (unpaired) electrons. The maximum atomic E-state index is 13.5. The maximum absolute atomic E-state index is 13.5. The van der Waals surface area contributed by atoms with Crippen LogP contribution in [0.4, 0.5) is 4.39 Å². The number of benzene rings is 2. The summed E-state index contributed by atoms with van der Waals surface area (Å²) >= 11 is 4.66. The van der Waals surface area contributed by atoms with E-state index in [0.717, 1.165) is 15.2 Å². The van der Waals surface area contributed by atoms with Crippen LogP contribution in [0.3, 0.4) is 0 Å². The van der Waals surface area contributed by atoms with Crippen molar-refractivity contribution in [3.05, 3.63) is 63.3 Å². The highest BCUT2D eigenvalue weighted by atomic mass is 79.9. The van der Waals surface area contributed by atoms with E-state index in [1.807, 2.05) is 24.3 Å². The molecular formula is C15H11BrFNOS. The van der Waals surface area contributed by atoms with Crippen molar-refractivity contribution in [1.29, 1.82) is 0 Å². The van der Waals surface area contributed by atoms with Crippen molar-refractivity contribution >= 4 is 37.5 Å². The van der Waals surface area contributed by atoms with E-state index in [1.54, 1.807) is 23.5 Å². The van der Waals surface area contributed by atoms with Crippen molar-refractivity contribution in [2.75, 3.05) is 0 Å². The number of hydrogen-bond donors (Lipinski definition) is 1. The third-order valence-corrected chi connectivity index (χ3v) is 4.74. The Labute approximate surface area is 128 Å². The van der Waals surface area contributed by atoms with Crippen molar-refractivity contribution in [2.45, 2.75) is 12.5 Å². The zero-order valence-corrected chi connectivity index (χ0v) is 12.8. The fourth-order valence-electron chi connectivity index (χ4n) is 2.01. The molecule has 2 nitrogen and oxygen atoms in total. The number of para-hydroxylation sites is 1. The van der Waals surface area contributed by atoms with Crippen LogP contribution in [0.1, 0.15) is 16.7 Å². The summed E-state index contributed by atoms with van der Waals surface area (Å²) in [5.74, 6) is -0.370. The first kappa shape index (κ1) is 13.7. The molecule has 0 aliphatic heterocycles. The van der Waals surface area contributed by atoms with E-state index in [0.29, 0.717) is 16.5 Å². The minimum atomic E-state index is -0.752. The Bertz CT molecular complexity index is 725. The monoisotopic (exact) mass is 351 g/mol. The van der Waals surface area contributed by atoms with Gasteiger partial charge in [0.2, 0.25) is 0 Å². The molecule has 0 saturated heterocycles. The number of halogens is 2. The molecule has 1 unspecified atom stereocenters. The number of aliphatic hydroxyl groups excluding tert-OH is 1. The molecule has 3 rings (SSSR count). The van der Waals surface area contributed by atoms with E-state index in [1.165, 1.54) is 6.07 Å². The zero-order valence-electron chi connectivity index (χ0n) is 10.4. The Morgan fingerprint density at radius 3 is 2.80 bits per heavy atom. The highest BCUT2D eigenvalue weighted by Gasteiger charge is 2.13. The molecule has 0 saturated carbocycles. The lowest BCUT2D eigenvalue weighted by Gasteiger charge is -2.09. The Morgan fingerprint density at radius 2 is 2.05 bits per heavy atom. The van der Waals surface area contributed by atoms with Crippen LogP contribution in [0.5, 0.6) is 0 Å². The Morgan fingerprint density at radius 1 is 1.25 bits per heavy atom. The van der Waals surface area contributed by atoms with Crippen molar-refractivity contribution in [3.8, 4) is 0 Å². The summed E-state index contributed by atoms with van der Waals surface area (Å²) in [4.78, 5) is 4.47. The molecule has 0 aliphatic carbocycles. The van der Waals surface area contributed by atoms with Crippen molar-refractivity contribution < 1.29 is 9.50 Å². The minimum absolute atomic E-state index is 0.370. The van der Waals surface area contributed by atoms with Crippen LogP contribution in [0, 0.1) is 5.82 Å². The first-order valence-corrected chi connectivity index (χ1v) is 7.72. The van der Waals surface area contributed by atoms with Crippen molar-refractivity contribution in [1.82, 2.24) is 4.98 Å². The second-order valence-corrected chi connectivity index (χ2v) is 6.44. The van der Waals surface area contributed by atoms with E-state index in [-0.39, 0.29) is 5.82 Å². The normalized spacial score (nSPS) is 12.8. The average molecular weight is 352 g/mol. The fourth-order valence-corrected chi connectivity index (χ4v) is 3.26. The summed E-state index contributed by atoms with van der Waals surface area (Å²) in [5.41, 5.74) is 1.49. The Kier molecular flexibility index (Phi) is 3.83. The molecule has 1 N–H and O–H groups in total. The van der Waals surface area contributed by atoms with Gasteiger partial charge in [-0.1, -0.05) is 18.2 Å². The lowest BCUT2D eigenvalue weighted by atomic mass is 10.1. The molecule has 0 aliphatic rings. The van der Waals surface area contributed by atoms with E-state index < -0.39 is 6.10 Å². The van der Waals surface area contributed by atoms with Gasteiger partial charge in [0.15, 0.2) is 0 Å². The zero-order chi connectivity index (χ0) is 14.1. The molecule has 20 heavy (non-hydrogen) atoms. The number of aliphatic hydroxyl groups is 1. The number of hydrogen-bond acceptors (Lipinski definition) is 3. The standard InChI is InChI=1S/C15H11BrFNOS/c16-10-6-5-9(7-11(10)17)13(19)8-15-18-12-3-1-2-4-14(12)20-15/h1-7,13,19H,8H2. The largest absolute Gasteiger partial charge is 0.388 e. The smallest absolute Gasteiger partial charge is 0.137 e. The molecule has 1 heterocycles. The molecule has 0 spiro atoms. The quantitative estimate of drug-likeness (QED) is 0.754. The molecule has 3 aromatic rings. The van der Waals surface area contributed by atoms with E-state index >= 15 is 0 Å². The van der Waals surface area contributed by atoms with Gasteiger partial charge >= 0.3 is 0 Å². The Hall–Kier alpha value is -1.30. The maximum Gasteiger partial charge on any atom is 0.137 e. The SMILES string of the molecule is OC(Cc1nc2ccccc2s1)c1ccc(Br)c(F)c1. The number of nitrogens with zero attached hydrogens (tertiary/aromatic N) is 1. The second kappa shape index (κ2) is 5.60. The number of thiazole rings is 1. The van der Waals surface area contributed by atoms with Crippen LogP contribution < -0.4 is 0 Å². The first-order valence-electron chi connectivity index (χ1n) is 6.11. The molecule has 5 heteroatoms. The number of aromatic nitrogens is 1. The summed E-state index contributed by atoms with van der Waals surface area (Å²) < 4.78 is 15.0. The van der Waals surface area contributed by atoms with Gasteiger partial charge in [-0.3, -0.25) is 0 Å². The lowest BCUT2D eigenvalue weighted by Crippen LogP contribution is -2.02. The summed E-state index contributed by atoms with van der Waals surface area (Å²) in [7, 11) is 0. The van der Waals surface area contributed by atoms with Gasteiger partial charge in [0.05, 0.1) is 25.8 Å². The molecule has 102 valence electrons.